The lowest BCUT2D eigenvalue weighted by Gasteiger charge is -2.45. The third-order valence-electron chi connectivity index (χ3n) is 6.27. The van der Waals surface area contributed by atoms with E-state index in [0.717, 1.165) is 37.9 Å². The first-order valence-electron chi connectivity index (χ1n) is 10.4. The third kappa shape index (κ3) is 6.05. The zero-order valence-corrected chi connectivity index (χ0v) is 15.9. The second kappa shape index (κ2) is 10.0. The van der Waals surface area contributed by atoms with E-state index in [2.05, 4.69) is 20.8 Å². The molecule has 1 aliphatic heterocycles. The third-order valence-corrected chi connectivity index (χ3v) is 6.27. The number of ether oxygens (including phenoxy) is 2. The lowest BCUT2D eigenvalue weighted by atomic mass is 9.67. The van der Waals surface area contributed by atoms with Crippen molar-refractivity contribution in [3.05, 3.63) is 0 Å². The SMILES string of the molecule is CCCCCCCC1CCC(C2(C)COC(CCC)OC2)CC1. The van der Waals surface area contributed by atoms with Gasteiger partial charge in [0.25, 0.3) is 0 Å². The van der Waals surface area contributed by atoms with Gasteiger partial charge in [-0.3, -0.25) is 0 Å². The average Bonchev–Trinajstić information content (AvgIpc) is 2.58. The van der Waals surface area contributed by atoms with E-state index < -0.39 is 0 Å². The highest BCUT2D eigenvalue weighted by atomic mass is 16.7. The first-order chi connectivity index (χ1) is 11.2. The minimum Gasteiger partial charge on any atom is -0.352 e. The van der Waals surface area contributed by atoms with Gasteiger partial charge in [-0.15, -0.1) is 0 Å². The van der Waals surface area contributed by atoms with Crippen LogP contribution in [0.3, 0.4) is 0 Å². The monoisotopic (exact) mass is 324 g/mol. The van der Waals surface area contributed by atoms with Gasteiger partial charge in [-0.2, -0.15) is 0 Å². The van der Waals surface area contributed by atoms with Gasteiger partial charge >= 0.3 is 0 Å². The molecule has 1 saturated heterocycles. The molecule has 2 heteroatoms. The summed E-state index contributed by atoms with van der Waals surface area (Å²) in [4.78, 5) is 0. The Kier molecular flexibility index (Phi) is 8.40. The van der Waals surface area contributed by atoms with Crippen molar-refractivity contribution in [2.24, 2.45) is 17.3 Å². The molecule has 1 heterocycles. The Bertz CT molecular complexity index is 299. The summed E-state index contributed by atoms with van der Waals surface area (Å²) < 4.78 is 12.0. The van der Waals surface area contributed by atoms with Gasteiger partial charge in [0, 0.05) is 5.41 Å². The normalized spacial score (nSPS) is 35.3. The van der Waals surface area contributed by atoms with Crippen molar-refractivity contribution in [2.45, 2.75) is 104 Å². The fraction of sp³-hybridized carbons (Fsp3) is 1.00. The van der Waals surface area contributed by atoms with Crippen LogP contribution in [-0.4, -0.2) is 19.5 Å². The van der Waals surface area contributed by atoms with E-state index in [0.29, 0.717) is 0 Å². The molecule has 2 aliphatic rings. The molecule has 23 heavy (non-hydrogen) atoms. The summed E-state index contributed by atoms with van der Waals surface area (Å²) in [5.41, 5.74) is 0.260. The summed E-state index contributed by atoms with van der Waals surface area (Å²) >= 11 is 0. The largest absolute Gasteiger partial charge is 0.352 e. The van der Waals surface area contributed by atoms with Crippen LogP contribution in [0.5, 0.6) is 0 Å². The lowest BCUT2D eigenvalue weighted by molar-refractivity contribution is -0.241. The number of hydrogen-bond donors (Lipinski definition) is 0. The predicted molar refractivity (Wildman–Crippen MR) is 97.5 cm³/mol. The second-order valence-electron chi connectivity index (χ2n) is 8.41. The lowest BCUT2D eigenvalue weighted by Crippen LogP contribution is -2.45. The molecule has 2 nitrogen and oxygen atoms in total. The van der Waals surface area contributed by atoms with Gasteiger partial charge in [-0.25, -0.2) is 0 Å². The molecule has 136 valence electrons. The van der Waals surface area contributed by atoms with Gasteiger partial charge in [-0.1, -0.05) is 78.6 Å². The van der Waals surface area contributed by atoms with Gasteiger partial charge in [0.2, 0.25) is 0 Å². The van der Waals surface area contributed by atoms with Gasteiger partial charge in [0.05, 0.1) is 13.2 Å². The fourth-order valence-corrected chi connectivity index (χ4v) is 4.48. The van der Waals surface area contributed by atoms with Crippen LogP contribution >= 0.6 is 0 Å². The summed E-state index contributed by atoms with van der Waals surface area (Å²) in [5.74, 6) is 1.80. The van der Waals surface area contributed by atoms with Crippen LogP contribution in [0.2, 0.25) is 0 Å². The molecule has 1 aliphatic carbocycles. The Balaban J connectivity index is 1.64. The summed E-state index contributed by atoms with van der Waals surface area (Å²) in [5, 5.41) is 0. The van der Waals surface area contributed by atoms with Crippen molar-refractivity contribution in [2.75, 3.05) is 13.2 Å². The molecule has 0 radical (unpaired) electrons. The molecule has 0 amide bonds. The quantitative estimate of drug-likeness (QED) is 0.461. The van der Waals surface area contributed by atoms with Crippen molar-refractivity contribution >= 4 is 0 Å². The van der Waals surface area contributed by atoms with Crippen LogP contribution in [0.4, 0.5) is 0 Å². The van der Waals surface area contributed by atoms with E-state index in [1.165, 1.54) is 64.2 Å². The van der Waals surface area contributed by atoms with Crippen molar-refractivity contribution in [1.29, 1.82) is 0 Å². The maximum Gasteiger partial charge on any atom is 0.157 e. The number of hydrogen-bond acceptors (Lipinski definition) is 2. The molecular formula is C21H40O2. The summed E-state index contributed by atoms with van der Waals surface area (Å²) in [6.07, 6.45) is 16.5. The van der Waals surface area contributed by atoms with Crippen LogP contribution in [0, 0.1) is 17.3 Å². The first kappa shape index (κ1) is 19.2. The molecule has 0 unspecified atom stereocenters. The molecule has 0 aromatic heterocycles. The Morgan fingerprint density at radius 3 is 2.04 bits per heavy atom. The Morgan fingerprint density at radius 1 is 0.783 bits per heavy atom. The molecule has 2 rings (SSSR count). The molecule has 0 atom stereocenters. The summed E-state index contributed by atoms with van der Waals surface area (Å²) in [6, 6.07) is 0. The van der Waals surface area contributed by atoms with Gasteiger partial charge in [0.15, 0.2) is 6.29 Å². The van der Waals surface area contributed by atoms with Crippen molar-refractivity contribution in [3.63, 3.8) is 0 Å². The highest BCUT2D eigenvalue weighted by molar-refractivity contribution is 4.88. The van der Waals surface area contributed by atoms with Gasteiger partial charge in [-0.05, 0) is 31.1 Å². The molecule has 0 spiro atoms. The van der Waals surface area contributed by atoms with E-state index >= 15 is 0 Å². The highest BCUT2D eigenvalue weighted by Crippen LogP contribution is 2.44. The standard InChI is InChI=1S/C21H40O2/c1-4-6-7-8-9-11-18-12-14-19(15-13-18)21(3)16-22-20(10-5-2)23-17-21/h18-20H,4-17H2,1-3H3. The molecule has 0 aromatic rings. The van der Waals surface area contributed by atoms with E-state index in [-0.39, 0.29) is 11.7 Å². The molecule has 0 bridgehead atoms. The van der Waals surface area contributed by atoms with Gasteiger partial charge < -0.3 is 9.47 Å². The van der Waals surface area contributed by atoms with E-state index in [4.69, 9.17) is 9.47 Å². The number of rotatable bonds is 9. The Hall–Kier alpha value is -0.0800. The van der Waals surface area contributed by atoms with E-state index in [1.54, 1.807) is 0 Å². The Morgan fingerprint density at radius 2 is 1.43 bits per heavy atom. The van der Waals surface area contributed by atoms with Crippen LogP contribution in [0.15, 0.2) is 0 Å². The molecule has 2 fully saturated rings. The first-order valence-corrected chi connectivity index (χ1v) is 10.4. The second-order valence-corrected chi connectivity index (χ2v) is 8.41. The summed E-state index contributed by atoms with van der Waals surface area (Å²) in [6.45, 7) is 8.70. The molecular weight excluding hydrogens is 284 g/mol. The van der Waals surface area contributed by atoms with Crippen molar-refractivity contribution in [1.82, 2.24) is 0 Å². The molecule has 0 N–H and O–H groups in total. The zero-order valence-electron chi connectivity index (χ0n) is 15.9. The highest BCUT2D eigenvalue weighted by Gasteiger charge is 2.40. The topological polar surface area (TPSA) is 18.5 Å². The van der Waals surface area contributed by atoms with Crippen LogP contribution < -0.4 is 0 Å². The van der Waals surface area contributed by atoms with Crippen LogP contribution in [0.1, 0.15) is 97.8 Å². The van der Waals surface area contributed by atoms with E-state index in [1.807, 2.05) is 0 Å². The van der Waals surface area contributed by atoms with E-state index in [9.17, 15) is 0 Å². The fourth-order valence-electron chi connectivity index (χ4n) is 4.48. The smallest absolute Gasteiger partial charge is 0.157 e. The maximum absolute atomic E-state index is 5.99. The maximum atomic E-state index is 5.99. The average molecular weight is 325 g/mol. The van der Waals surface area contributed by atoms with Gasteiger partial charge in [0.1, 0.15) is 0 Å². The van der Waals surface area contributed by atoms with Crippen LogP contribution in [0.25, 0.3) is 0 Å². The predicted octanol–water partition coefficient (Wildman–Crippen LogP) is 6.33. The zero-order chi connectivity index (χ0) is 16.5. The van der Waals surface area contributed by atoms with Crippen molar-refractivity contribution < 1.29 is 9.47 Å². The summed E-state index contributed by atoms with van der Waals surface area (Å²) in [7, 11) is 0. The van der Waals surface area contributed by atoms with Crippen molar-refractivity contribution in [3.8, 4) is 0 Å². The minimum absolute atomic E-state index is 0.0625. The molecule has 1 saturated carbocycles. The number of unbranched alkanes of at least 4 members (excludes halogenated alkanes) is 4. The van der Waals surface area contributed by atoms with Crippen LogP contribution in [-0.2, 0) is 9.47 Å². The minimum atomic E-state index is 0.0625. The molecule has 0 aromatic carbocycles. The Labute approximate surface area is 144 Å².